The molecule has 0 amide bonds. The monoisotopic (exact) mass is 194 g/mol. The van der Waals surface area contributed by atoms with Gasteiger partial charge in [0.2, 0.25) is 0 Å². The molecule has 0 aromatic carbocycles. The Labute approximate surface area is 87.9 Å². The Morgan fingerprint density at radius 2 is 2.07 bits per heavy atom. The van der Waals surface area contributed by atoms with Crippen LogP contribution in [-0.2, 0) is 0 Å². The zero-order chi connectivity index (χ0) is 10.2. The molecule has 1 atom stereocenters. The van der Waals surface area contributed by atoms with Gasteiger partial charge in [0.25, 0.3) is 0 Å². The van der Waals surface area contributed by atoms with E-state index in [1.807, 2.05) is 0 Å². The molecular formula is C12H22N2. The van der Waals surface area contributed by atoms with Crippen molar-refractivity contribution in [1.82, 2.24) is 4.90 Å². The Kier molecular flexibility index (Phi) is 5.63. The smallest absolute Gasteiger partial charge is 0.0978 e. The van der Waals surface area contributed by atoms with Gasteiger partial charge in [-0.1, -0.05) is 32.6 Å². The van der Waals surface area contributed by atoms with Crippen LogP contribution in [0.15, 0.2) is 0 Å². The highest BCUT2D eigenvalue weighted by atomic mass is 15.2. The largest absolute Gasteiger partial charge is 0.288 e. The van der Waals surface area contributed by atoms with E-state index in [-0.39, 0.29) is 6.04 Å². The van der Waals surface area contributed by atoms with Crippen LogP contribution in [0.2, 0.25) is 0 Å². The summed E-state index contributed by atoms with van der Waals surface area (Å²) in [4.78, 5) is 2.35. The highest BCUT2D eigenvalue weighted by Gasteiger charge is 2.22. The Morgan fingerprint density at radius 1 is 1.29 bits per heavy atom. The standard InChI is InChI=1S/C12H22N2/c1-2-3-4-5-6-9-14-10-7-8-12(14)11-13/h12H,2-10H2,1H3. The van der Waals surface area contributed by atoms with Crippen molar-refractivity contribution in [3.63, 3.8) is 0 Å². The first kappa shape index (κ1) is 11.5. The number of hydrogen-bond acceptors (Lipinski definition) is 2. The van der Waals surface area contributed by atoms with Crippen molar-refractivity contribution in [2.75, 3.05) is 13.1 Å². The predicted molar refractivity (Wildman–Crippen MR) is 59.0 cm³/mol. The molecule has 1 aliphatic heterocycles. The summed E-state index contributed by atoms with van der Waals surface area (Å²) in [5, 5.41) is 8.89. The second-order valence-corrected chi connectivity index (χ2v) is 4.24. The summed E-state index contributed by atoms with van der Waals surface area (Å²) in [6.07, 6.45) is 8.95. The maximum absolute atomic E-state index is 8.89. The van der Waals surface area contributed by atoms with E-state index in [2.05, 4.69) is 17.9 Å². The Morgan fingerprint density at radius 3 is 2.79 bits per heavy atom. The first-order valence-corrected chi connectivity index (χ1v) is 6.02. The zero-order valence-electron chi connectivity index (χ0n) is 9.34. The fourth-order valence-electron chi connectivity index (χ4n) is 2.16. The molecule has 2 nitrogen and oxygen atoms in total. The first-order chi connectivity index (χ1) is 6.88. The molecule has 0 saturated carbocycles. The summed E-state index contributed by atoms with van der Waals surface area (Å²) < 4.78 is 0. The third-order valence-corrected chi connectivity index (χ3v) is 3.06. The maximum Gasteiger partial charge on any atom is 0.0978 e. The molecule has 0 spiro atoms. The number of unbranched alkanes of at least 4 members (excludes halogenated alkanes) is 4. The fraction of sp³-hybridized carbons (Fsp3) is 0.917. The van der Waals surface area contributed by atoms with Crippen molar-refractivity contribution in [3.05, 3.63) is 0 Å². The van der Waals surface area contributed by atoms with Gasteiger partial charge in [-0.3, -0.25) is 4.90 Å². The fourth-order valence-corrected chi connectivity index (χ4v) is 2.16. The molecule has 0 N–H and O–H groups in total. The maximum atomic E-state index is 8.89. The molecule has 2 heteroatoms. The van der Waals surface area contributed by atoms with Crippen molar-refractivity contribution in [2.24, 2.45) is 0 Å². The SMILES string of the molecule is CCCCCCCN1CCCC1C#N. The summed E-state index contributed by atoms with van der Waals surface area (Å²) in [6, 6.07) is 2.62. The van der Waals surface area contributed by atoms with Crippen LogP contribution >= 0.6 is 0 Å². The molecule has 0 radical (unpaired) electrons. The van der Waals surface area contributed by atoms with Crippen LogP contribution in [0, 0.1) is 11.3 Å². The zero-order valence-corrected chi connectivity index (χ0v) is 9.34. The molecule has 1 aliphatic rings. The van der Waals surface area contributed by atoms with Crippen LogP contribution in [0.25, 0.3) is 0 Å². The van der Waals surface area contributed by atoms with Gasteiger partial charge in [-0.25, -0.2) is 0 Å². The molecule has 1 fully saturated rings. The lowest BCUT2D eigenvalue weighted by Gasteiger charge is -2.18. The van der Waals surface area contributed by atoms with Crippen molar-refractivity contribution < 1.29 is 0 Å². The topological polar surface area (TPSA) is 27.0 Å². The van der Waals surface area contributed by atoms with Gasteiger partial charge in [0.15, 0.2) is 0 Å². The molecule has 0 aliphatic carbocycles. The summed E-state index contributed by atoms with van der Waals surface area (Å²) in [7, 11) is 0. The quantitative estimate of drug-likeness (QED) is 0.608. The van der Waals surface area contributed by atoms with Gasteiger partial charge in [0.05, 0.1) is 12.1 Å². The van der Waals surface area contributed by atoms with Gasteiger partial charge in [-0.2, -0.15) is 5.26 Å². The van der Waals surface area contributed by atoms with Crippen LogP contribution in [0.5, 0.6) is 0 Å². The molecule has 14 heavy (non-hydrogen) atoms. The van der Waals surface area contributed by atoms with Crippen LogP contribution in [0.4, 0.5) is 0 Å². The third-order valence-electron chi connectivity index (χ3n) is 3.06. The van der Waals surface area contributed by atoms with E-state index < -0.39 is 0 Å². The average molecular weight is 194 g/mol. The number of likely N-dealkylation sites (tertiary alicyclic amines) is 1. The third kappa shape index (κ3) is 3.67. The Balaban J connectivity index is 2.03. The summed E-state index contributed by atoms with van der Waals surface area (Å²) in [6.45, 7) is 4.53. The van der Waals surface area contributed by atoms with Crippen molar-refractivity contribution in [3.8, 4) is 6.07 Å². The van der Waals surface area contributed by atoms with Gasteiger partial charge < -0.3 is 0 Å². The molecule has 1 saturated heterocycles. The molecule has 1 rings (SSSR count). The lowest BCUT2D eigenvalue weighted by atomic mass is 10.1. The second kappa shape index (κ2) is 6.84. The second-order valence-electron chi connectivity index (χ2n) is 4.24. The van der Waals surface area contributed by atoms with Gasteiger partial charge in [0, 0.05) is 0 Å². The number of rotatable bonds is 6. The van der Waals surface area contributed by atoms with E-state index in [4.69, 9.17) is 5.26 Å². The normalized spacial score (nSPS) is 22.4. The van der Waals surface area contributed by atoms with Gasteiger partial charge >= 0.3 is 0 Å². The van der Waals surface area contributed by atoms with Crippen LogP contribution in [-0.4, -0.2) is 24.0 Å². The van der Waals surface area contributed by atoms with E-state index in [0.717, 1.165) is 19.5 Å². The highest BCUT2D eigenvalue weighted by molar-refractivity contribution is 4.95. The van der Waals surface area contributed by atoms with Crippen LogP contribution < -0.4 is 0 Å². The van der Waals surface area contributed by atoms with E-state index in [0.29, 0.717) is 0 Å². The predicted octanol–water partition coefficient (Wildman–Crippen LogP) is 2.94. The minimum absolute atomic E-state index is 0.223. The number of hydrogen-bond donors (Lipinski definition) is 0. The van der Waals surface area contributed by atoms with Gasteiger partial charge in [-0.05, 0) is 32.4 Å². The molecule has 0 bridgehead atoms. The van der Waals surface area contributed by atoms with Crippen molar-refractivity contribution in [2.45, 2.75) is 57.9 Å². The summed E-state index contributed by atoms with van der Waals surface area (Å²) in [5.74, 6) is 0. The van der Waals surface area contributed by atoms with Gasteiger partial charge in [-0.15, -0.1) is 0 Å². The lowest BCUT2D eigenvalue weighted by molar-refractivity contribution is 0.286. The average Bonchev–Trinajstić information content (AvgIpc) is 2.65. The molecular weight excluding hydrogens is 172 g/mol. The highest BCUT2D eigenvalue weighted by Crippen LogP contribution is 2.17. The van der Waals surface area contributed by atoms with Crippen LogP contribution in [0.1, 0.15) is 51.9 Å². The van der Waals surface area contributed by atoms with E-state index in [1.165, 1.54) is 38.5 Å². The van der Waals surface area contributed by atoms with E-state index in [9.17, 15) is 0 Å². The summed E-state index contributed by atoms with van der Waals surface area (Å²) >= 11 is 0. The minimum atomic E-state index is 0.223. The van der Waals surface area contributed by atoms with Crippen molar-refractivity contribution in [1.29, 1.82) is 5.26 Å². The number of nitriles is 1. The summed E-state index contributed by atoms with van der Waals surface area (Å²) in [5.41, 5.74) is 0. The van der Waals surface area contributed by atoms with E-state index in [1.54, 1.807) is 0 Å². The van der Waals surface area contributed by atoms with Gasteiger partial charge in [0.1, 0.15) is 0 Å². The minimum Gasteiger partial charge on any atom is -0.288 e. The van der Waals surface area contributed by atoms with Crippen LogP contribution in [0.3, 0.4) is 0 Å². The van der Waals surface area contributed by atoms with E-state index >= 15 is 0 Å². The molecule has 1 heterocycles. The molecule has 1 unspecified atom stereocenters. The Hall–Kier alpha value is -0.550. The Bertz CT molecular complexity index is 183. The molecule has 0 aromatic heterocycles. The lowest BCUT2D eigenvalue weighted by Crippen LogP contribution is -2.28. The van der Waals surface area contributed by atoms with Crippen molar-refractivity contribution >= 4 is 0 Å². The molecule has 80 valence electrons. The first-order valence-electron chi connectivity index (χ1n) is 6.02. The number of nitrogens with zero attached hydrogens (tertiary/aromatic N) is 2. The molecule has 0 aromatic rings.